The molecule has 2 amide bonds. The van der Waals surface area contributed by atoms with Crippen molar-refractivity contribution in [2.24, 2.45) is 17.3 Å². The molecule has 0 aromatic rings. The van der Waals surface area contributed by atoms with Crippen LogP contribution in [0.15, 0.2) is 0 Å². The fourth-order valence-corrected chi connectivity index (χ4v) is 3.01. The zero-order chi connectivity index (χ0) is 15.9. The highest BCUT2D eigenvalue weighted by Crippen LogP contribution is 2.59. The van der Waals surface area contributed by atoms with Crippen LogP contribution in [0.1, 0.15) is 27.2 Å². The molecule has 1 saturated heterocycles. The Balaban J connectivity index is 2.04. The number of carbonyl (C=O) groups excluding carboxylic acids is 4. The second-order valence-electron chi connectivity index (χ2n) is 6.07. The number of methoxy groups -OCH3 is 1. The van der Waals surface area contributed by atoms with Crippen molar-refractivity contribution in [1.82, 2.24) is 4.90 Å². The zero-order valence-electron chi connectivity index (χ0n) is 12.5. The molecule has 7 heteroatoms. The number of ether oxygens (including phenoxy) is 2. The molecule has 3 atom stereocenters. The van der Waals surface area contributed by atoms with Crippen molar-refractivity contribution in [2.45, 2.75) is 33.3 Å². The predicted octanol–water partition coefficient (Wildman–Crippen LogP) is 0.122. The molecule has 2 rings (SSSR count). The van der Waals surface area contributed by atoms with Crippen LogP contribution in [0.2, 0.25) is 0 Å². The molecular formula is C14H19NO6. The summed E-state index contributed by atoms with van der Waals surface area (Å²) in [5.41, 5.74) is -0.312. The molecule has 116 valence electrons. The van der Waals surface area contributed by atoms with E-state index in [4.69, 9.17) is 9.47 Å². The topological polar surface area (TPSA) is 90.0 Å². The molecule has 0 aromatic carbocycles. The van der Waals surface area contributed by atoms with E-state index >= 15 is 0 Å². The second-order valence-corrected chi connectivity index (χ2v) is 6.07. The fraction of sp³-hybridized carbons (Fsp3) is 0.714. The van der Waals surface area contributed by atoms with Crippen molar-refractivity contribution in [3.05, 3.63) is 0 Å². The molecule has 3 unspecified atom stereocenters. The Bertz CT molecular complexity index is 512. The van der Waals surface area contributed by atoms with Crippen LogP contribution in [-0.2, 0) is 28.7 Å². The van der Waals surface area contributed by atoms with E-state index in [0.717, 1.165) is 4.90 Å². The zero-order valence-corrected chi connectivity index (χ0v) is 12.5. The molecule has 1 aliphatic heterocycles. The maximum Gasteiger partial charge on any atom is 0.309 e. The van der Waals surface area contributed by atoms with Crippen LogP contribution < -0.4 is 0 Å². The molecule has 0 aromatic heterocycles. The number of hydrogen-bond acceptors (Lipinski definition) is 6. The summed E-state index contributed by atoms with van der Waals surface area (Å²) in [5, 5.41) is 0. The number of imide groups is 1. The van der Waals surface area contributed by atoms with Gasteiger partial charge < -0.3 is 9.47 Å². The van der Waals surface area contributed by atoms with Crippen LogP contribution in [0.25, 0.3) is 0 Å². The Labute approximate surface area is 122 Å². The summed E-state index contributed by atoms with van der Waals surface area (Å²) in [4.78, 5) is 47.6. The predicted molar refractivity (Wildman–Crippen MR) is 69.7 cm³/mol. The number of rotatable bonds is 4. The normalized spacial score (nSPS) is 30.3. The first-order chi connectivity index (χ1) is 9.70. The number of carbonyl (C=O) groups is 4. The lowest BCUT2D eigenvalue weighted by atomic mass is 10.1. The Morgan fingerprint density at radius 3 is 2.48 bits per heavy atom. The molecule has 0 radical (unpaired) electrons. The number of nitrogens with zero attached hydrogens (tertiary/aromatic N) is 1. The first-order valence-corrected chi connectivity index (χ1v) is 6.79. The van der Waals surface area contributed by atoms with E-state index < -0.39 is 18.0 Å². The average molecular weight is 297 g/mol. The van der Waals surface area contributed by atoms with Crippen molar-refractivity contribution in [3.8, 4) is 0 Å². The van der Waals surface area contributed by atoms with Gasteiger partial charge in [0.15, 0.2) is 6.10 Å². The molecule has 0 N–H and O–H groups in total. The molecule has 1 saturated carbocycles. The molecule has 2 fully saturated rings. The number of amides is 2. The van der Waals surface area contributed by atoms with Gasteiger partial charge in [0.2, 0.25) is 5.91 Å². The number of likely N-dealkylation sites (tertiary alicyclic amines) is 1. The van der Waals surface area contributed by atoms with Gasteiger partial charge in [-0.2, -0.15) is 0 Å². The van der Waals surface area contributed by atoms with Crippen LogP contribution >= 0.6 is 0 Å². The molecule has 1 aliphatic carbocycles. The van der Waals surface area contributed by atoms with Gasteiger partial charge in [-0.1, -0.05) is 13.8 Å². The van der Waals surface area contributed by atoms with E-state index in [-0.39, 0.29) is 42.1 Å². The molecule has 1 heterocycles. The quantitative estimate of drug-likeness (QED) is 0.541. The highest BCUT2D eigenvalue weighted by molar-refractivity contribution is 6.05. The van der Waals surface area contributed by atoms with Crippen molar-refractivity contribution in [3.63, 3.8) is 0 Å². The maximum atomic E-state index is 12.1. The van der Waals surface area contributed by atoms with Gasteiger partial charge in [0.1, 0.15) is 0 Å². The van der Waals surface area contributed by atoms with E-state index in [0.29, 0.717) is 0 Å². The van der Waals surface area contributed by atoms with Crippen LogP contribution in [0.4, 0.5) is 0 Å². The van der Waals surface area contributed by atoms with Crippen molar-refractivity contribution in [2.75, 3.05) is 13.7 Å². The lowest BCUT2D eigenvalue weighted by molar-refractivity contribution is -0.154. The summed E-state index contributed by atoms with van der Waals surface area (Å²) in [6.45, 7) is 5.14. The van der Waals surface area contributed by atoms with Gasteiger partial charge in [-0.15, -0.1) is 0 Å². The Morgan fingerprint density at radius 1 is 1.33 bits per heavy atom. The molecule has 0 spiro atoms. The molecular weight excluding hydrogens is 278 g/mol. The standard InChI is InChI=1S/C14H19NO6/c1-7(16)21-9-5-10(17)15(12(9)18)6-8-11(13(19)20-4)14(8,2)3/h8-9,11H,5-6H2,1-4H3. The summed E-state index contributed by atoms with van der Waals surface area (Å²) in [6, 6.07) is 0. The van der Waals surface area contributed by atoms with Crippen LogP contribution in [0, 0.1) is 17.3 Å². The summed E-state index contributed by atoms with van der Waals surface area (Å²) < 4.78 is 9.57. The van der Waals surface area contributed by atoms with Crippen LogP contribution in [-0.4, -0.2) is 48.4 Å². The Morgan fingerprint density at radius 2 is 1.95 bits per heavy atom. The third-order valence-corrected chi connectivity index (χ3v) is 4.40. The largest absolute Gasteiger partial charge is 0.469 e. The number of hydrogen-bond donors (Lipinski definition) is 0. The first kappa shape index (κ1) is 15.5. The van der Waals surface area contributed by atoms with E-state index in [1.54, 1.807) is 0 Å². The minimum absolute atomic E-state index is 0.131. The minimum atomic E-state index is -1.03. The van der Waals surface area contributed by atoms with E-state index in [9.17, 15) is 19.2 Å². The lowest BCUT2D eigenvalue weighted by Crippen LogP contribution is -2.35. The summed E-state index contributed by atoms with van der Waals surface area (Å²) in [5.74, 6) is -2.27. The SMILES string of the molecule is COC(=O)C1C(CN2C(=O)CC(OC(C)=O)C2=O)C1(C)C. The second kappa shape index (κ2) is 5.13. The lowest BCUT2D eigenvalue weighted by Gasteiger charge is -2.15. The van der Waals surface area contributed by atoms with Crippen LogP contribution in [0.5, 0.6) is 0 Å². The van der Waals surface area contributed by atoms with E-state index in [1.165, 1.54) is 14.0 Å². The average Bonchev–Trinajstić information content (AvgIpc) is 2.83. The van der Waals surface area contributed by atoms with Gasteiger partial charge in [0, 0.05) is 13.5 Å². The summed E-state index contributed by atoms with van der Waals surface area (Å²) in [6.07, 6.45) is -1.16. The maximum absolute atomic E-state index is 12.1. The smallest absolute Gasteiger partial charge is 0.309 e. The van der Waals surface area contributed by atoms with Gasteiger partial charge in [-0.3, -0.25) is 24.1 Å². The summed E-state index contributed by atoms with van der Waals surface area (Å²) in [7, 11) is 1.32. The summed E-state index contributed by atoms with van der Waals surface area (Å²) >= 11 is 0. The van der Waals surface area contributed by atoms with E-state index in [2.05, 4.69) is 0 Å². The molecule has 2 aliphatic rings. The van der Waals surface area contributed by atoms with Crippen molar-refractivity contribution >= 4 is 23.8 Å². The molecule has 7 nitrogen and oxygen atoms in total. The molecule has 21 heavy (non-hydrogen) atoms. The van der Waals surface area contributed by atoms with Crippen molar-refractivity contribution in [1.29, 1.82) is 0 Å². The first-order valence-electron chi connectivity index (χ1n) is 6.79. The Kier molecular flexibility index (Phi) is 3.78. The third-order valence-electron chi connectivity index (χ3n) is 4.40. The van der Waals surface area contributed by atoms with E-state index in [1.807, 2.05) is 13.8 Å². The van der Waals surface area contributed by atoms with Gasteiger partial charge in [-0.05, 0) is 11.3 Å². The van der Waals surface area contributed by atoms with Gasteiger partial charge in [0.05, 0.1) is 19.4 Å². The van der Waals surface area contributed by atoms with Gasteiger partial charge >= 0.3 is 11.9 Å². The Hall–Kier alpha value is -1.92. The van der Waals surface area contributed by atoms with Crippen molar-refractivity contribution < 1.29 is 28.7 Å². The fourth-order valence-electron chi connectivity index (χ4n) is 3.01. The highest BCUT2D eigenvalue weighted by Gasteiger charge is 2.63. The third kappa shape index (κ3) is 2.64. The number of esters is 2. The minimum Gasteiger partial charge on any atom is -0.469 e. The monoisotopic (exact) mass is 297 g/mol. The van der Waals surface area contributed by atoms with Crippen LogP contribution in [0.3, 0.4) is 0 Å². The van der Waals surface area contributed by atoms with Gasteiger partial charge in [0.25, 0.3) is 5.91 Å². The molecule has 0 bridgehead atoms. The highest BCUT2D eigenvalue weighted by atomic mass is 16.5. The van der Waals surface area contributed by atoms with Gasteiger partial charge in [-0.25, -0.2) is 0 Å².